The molecule has 1 rings (SSSR count). The molecule has 4 N–H and O–H groups in total. The van der Waals surface area contributed by atoms with Crippen molar-refractivity contribution in [3.63, 3.8) is 0 Å². The maximum atomic E-state index is 13.1. The van der Waals surface area contributed by atoms with Gasteiger partial charge < -0.3 is 16.2 Å². The van der Waals surface area contributed by atoms with E-state index in [0.29, 0.717) is 32.1 Å². The van der Waals surface area contributed by atoms with Gasteiger partial charge in [-0.1, -0.05) is 6.92 Å². The van der Waals surface area contributed by atoms with Crippen LogP contribution in [0.25, 0.3) is 0 Å². The van der Waals surface area contributed by atoms with Gasteiger partial charge >= 0.3 is 0 Å². The Hall–Kier alpha value is -1.24. The molecule has 0 bridgehead atoms. The molecule has 25 heavy (non-hydrogen) atoms. The number of rotatable bonds is 10. The normalized spacial score (nSPS) is 21.3. The predicted molar refractivity (Wildman–Crippen MR) is 91.6 cm³/mol. The first-order valence-electron chi connectivity index (χ1n) is 9.04. The summed E-state index contributed by atoms with van der Waals surface area (Å²) in [5.41, 5.74) is 5.23. The van der Waals surface area contributed by atoms with Crippen molar-refractivity contribution in [1.29, 1.82) is 0 Å². The van der Waals surface area contributed by atoms with E-state index in [1.165, 1.54) is 7.05 Å². The number of alkyl halides is 2. The molecule has 2 amide bonds. The molecular formula is C18H31F2N2O3. The first kappa shape index (κ1) is 21.8. The van der Waals surface area contributed by atoms with E-state index in [9.17, 15) is 23.5 Å². The summed E-state index contributed by atoms with van der Waals surface area (Å²) in [6.07, 6.45) is 3.48. The van der Waals surface area contributed by atoms with E-state index < -0.39 is 23.9 Å². The molecule has 1 radical (unpaired) electrons. The molecule has 0 aromatic carbocycles. The van der Waals surface area contributed by atoms with E-state index in [-0.39, 0.29) is 37.0 Å². The van der Waals surface area contributed by atoms with Gasteiger partial charge in [0.05, 0.1) is 6.10 Å². The second-order valence-corrected chi connectivity index (χ2v) is 7.27. The number of aliphatic hydroxyl groups is 1. The van der Waals surface area contributed by atoms with Crippen molar-refractivity contribution in [3.05, 3.63) is 6.42 Å². The molecule has 5 nitrogen and oxygen atoms in total. The van der Waals surface area contributed by atoms with Crippen LogP contribution in [0.2, 0.25) is 0 Å². The van der Waals surface area contributed by atoms with Crippen molar-refractivity contribution in [2.24, 2.45) is 23.5 Å². The minimum atomic E-state index is -2.55. The highest BCUT2D eigenvalue weighted by Gasteiger charge is 2.35. The first-order chi connectivity index (χ1) is 11.6. The molecule has 7 heteroatoms. The van der Waals surface area contributed by atoms with Crippen molar-refractivity contribution < 1.29 is 23.5 Å². The van der Waals surface area contributed by atoms with Crippen molar-refractivity contribution in [2.75, 3.05) is 7.05 Å². The molecule has 3 atom stereocenters. The van der Waals surface area contributed by atoms with Gasteiger partial charge in [0.25, 0.3) is 0 Å². The standard InChI is InChI=1S/C18H31F2N2O3/c1-12(16(21)24)3-5-14(17(25)22-2)11-15(23)6-4-13-7-9-18(19,20)10-8-13/h6,12-15,23H,3-5,7-11H2,1-2H3,(H2,21,24)(H,22,25)/t12?,14-,15+/m1/s1. The second-order valence-electron chi connectivity index (χ2n) is 7.27. The molecule has 145 valence electrons. The SMILES string of the molecule is CNC(=O)[C@H](CCC(C)C(N)=O)C[C@@H](O)[CH]CC1CCC(F)(F)CC1. The third kappa shape index (κ3) is 8.12. The zero-order valence-corrected chi connectivity index (χ0v) is 15.1. The molecule has 0 heterocycles. The third-order valence-electron chi connectivity index (χ3n) is 5.16. The monoisotopic (exact) mass is 361 g/mol. The molecule has 1 fully saturated rings. The number of hydrogen-bond acceptors (Lipinski definition) is 3. The average Bonchev–Trinajstić information content (AvgIpc) is 2.56. The molecule has 0 aromatic heterocycles. The maximum Gasteiger partial charge on any atom is 0.248 e. The Morgan fingerprint density at radius 3 is 2.44 bits per heavy atom. The van der Waals surface area contributed by atoms with Crippen molar-refractivity contribution in [2.45, 2.75) is 70.3 Å². The maximum absolute atomic E-state index is 13.1. The Balaban J connectivity index is 2.40. The molecule has 0 spiro atoms. The minimum Gasteiger partial charge on any atom is -0.393 e. The smallest absolute Gasteiger partial charge is 0.248 e. The van der Waals surface area contributed by atoms with Crippen LogP contribution in [0.15, 0.2) is 0 Å². The van der Waals surface area contributed by atoms with Gasteiger partial charge in [-0.25, -0.2) is 8.78 Å². The number of nitrogens with two attached hydrogens (primary N) is 1. The largest absolute Gasteiger partial charge is 0.393 e. The summed E-state index contributed by atoms with van der Waals surface area (Å²) in [7, 11) is 1.53. The number of carbonyl (C=O) groups is 2. The zero-order valence-electron chi connectivity index (χ0n) is 15.1. The van der Waals surface area contributed by atoms with Gasteiger partial charge in [0.2, 0.25) is 17.7 Å². The summed E-state index contributed by atoms with van der Waals surface area (Å²) in [5, 5.41) is 12.8. The van der Waals surface area contributed by atoms with Gasteiger partial charge in [-0.15, -0.1) is 0 Å². The Morgan fingerprint density at radius 1 is 1.32 bits per heavy atom. The molecule has 1 aliphatic rings. The van der Waals surface area contributed by atoms with Crippen LogP contribution in [0.4, 0.5) is 8.78 Å². The van der Waals surface area contributed by atoms with E-state index in [1.807, 2.05) is 0 Å². The van der Waals surface area contributed by atoms with E-state index in [0.717, 1.165) is 0 Å². The number of hydrogen-bond donors (Lipinski definition) is 3. The van der Waals surface area contributed by atoms with Crippen LogP contribution in [-0.2, 0) is 9.59 Å². The molecule has 1 unspecified atom stereocenters. The molecule has 0 aromatic rings. The molecular weight excluding hydrogens is 330 g/mol. The Kier molecular flexibility index (Phi) is 8.76. The van der Waals surface area contributed by atoms with Crippen LogP contribution in [0.1, 0.15) is 58.3 Å². The van der Waals surface area contributed by atoms with Crippen LogP contribution in [0.5, 0.6) is 0 Å². The fourth-order valence-corrected chi connectivity index (χ4v) is 3.23. The highest BCUT2D eigenvalue weighted by molar-refractivity contribution is 5.79. The van der Waals surface area contributed by atoms with Gasteiger partial charge in [-0.3, -0.25) is 9.59 Å². The molecule has 1 saturated carbocycles. The molecule has 0 saturated heterocycles. The average molecular weight is 361 g/mol. The number of carbonyl (C=O) groups excluding carboxylic acids is 2. The lowest BCUT2D eigenvalue weighted by molar-refractivity contribution is -0.126. The van der Waals surface area contributed by atoms with Gasteiger partial charge in [0, 0.05) is 31.7 Å². The third-order valence-corrected chi connectivity index (χ3v) is 5.16. The van der Waals surface area contributed by atoms with E-state index in [4.69, 9.17) is 5.73 Å². The zero-order chi connectivity index (χ0) is 19.0. The Bertz CT molecular complexity index is 436. The van der Waals surface area contributed by atoms with Gasteiger partial charge in [-0.05, 0) is 50.9 Å². The lowest BCUT2D eigenvalue weighted by Gasteiger charge is -2.29. The fraction of sp³-hybridized carbons (Fsp3) is 0.833. The summed E-state index contributed by atoms with van der Waals surface area (Å²) < 4.78 is 26.3. The fourth-order valence-electron chi connectivity index (χ4n) is 3.23. The first-order valence-corrected chi connectivity index (χ1v) is 9.04. The van der Waals surface area contributed by atoms with E-state index >= 15 is 0 Å². The van der Waals surface area contributed by atoms with Crippen molar-refractivity contribution in [1.82, 2.24) is 5.32 Å². The number of nitrogens with one attached hydrogen (secondary N) is 1. The highest BCUT2D eigenvalue weighted by Crippen LogP contribution is 2.38. The quantitative estimate of drug-likeness (QED) is 0.558. The van der Waals surface area contributed by atoms with Crippen LogP contribution in [0.3, 0.4) is 0 Å². The van der Waals surface area contributed by atoms with Gasteiger partial charge in [0.15, 0.2) is 0 Å². The Labute approximate surface area is 148 Å². The molecule has 1 aliphatic carbocycles. The highest BCUT2D eigenvalue weighted by atomic mass is 19.3. The molecule has 0 aliphatic heterocycles. The summed E-state index contributed by atoms with van der Waals surface area (Å²) in [6.45, 7) is 1.71. The van der Waals surface area contributed by atoms with Gasteiger partial charge in [-0.2, -0.15) is 0 Å². The van der Waals surface area contributed by atoms with Crippen molar-refractivity contribution in [3.8, 4) is 0 Å². The number of primary amides is 1. The van der Waals surface area contributed by atoms with Crippen LogP contribution in [-0.4, -0.2) is 36.0 Å². The summed E-state index contributed by atoms with van der Waals surface area (Å²) in [4.78, 5) is 23.1. The topological polar surface area (TPSA) is 92.4 Å². The second kappa shape index (κ2) is 10.0. The predicted octanol–water partition coefficient (Wildman–Crippen LogP) is 2.42. The lowest BCUT2D eigenvalue weighted by Crippen LogP contribution is -2.32. The minimum absolute atomic E-state index is 0.0898. The van der Waals surface area contributed by atoms with Gasteiger partial charge in [0.1, 0.15) is 0 Å². The summed E-state index contributed by atoms with van der Waals surface area (Å²) >= 11 is 0. The number of halogens is 2. The van der Waals surface area contributed by atoms with E-state index in [1.54, 1.807) is 13.3 Å². The van der Waals surface area contributed by atoms with Crippen LogP contribution >= 0.6 is 0 Å². The van der Waals surface area contributed by atoms with E-state index in [2.05, 4.69) is 5.32 Å². The van der Waals surface area contributed by atoms with Crippen molar-refractivity contribution >= 4 is 11.8 Å². The Morgan fingerprint density at radius 2 is 1.92 bits per heavy atom. The summed E-state index contributed by atoms with van der Waals surface area (Å²) in [5.74, 6) is -3.69. The van der Waals surface area contributed by atoms with Crippen LogP contribution < -0.4 is 11.1 Å². The van der Waals surface area contributed by atoms with Crippen LogP contribution in [0, 0.1) is 24.2 Å². The summed E-state index contributed by atoms with van der Waals surface area (Å²) in [6, 6.07) is 0. The number of amides is 2. The lowest BCUT2D eigenvalue weighted by atomic mass is 9.82. The number of aliphatic hydroxyl groups excluding tert-OH is 1.